The molecule has 6 rings (SSSR count). The summed E-state index contributed by atoms with van der Waals surface area (Å²) >= 11 is 0.255. The van der Waals surface area contributed by atoms with Crippen LogP contribution >= 0.6 is 0 Å². The average Bonchev–Trinajstić information content (AvgIpc) is 3.17. The molecule has 1 radical (unpaired) electrons. The maximum atomic E-state index is 12.2. The zero-order valence-corrected chi connectivity index (χ0v) is 32.3. The van der Waals surface area contributed by atoms with Crippen LogP contribution in [0.4, 0.5) is 0 Å². The summed E-state index contributed by atoms with van der Waals surface area (Å²) in [7, 11) is -1.65. The summed E-state index contributed by atoms with van der Waals surface area (Å²) in [6, 6.07) is 23.7. The van der Waals surface area contributed by atoms with E-state index < -0.39 is 8.07 Å². The molecule has 3 aromatic carbocycles. The minimum absolute atomic E-state index is 0. The zero-order valence-electron chi connectivity index (χ0n) is 27.2. The van der Waals surface area contributed by atoms with Gasteiger partial charge in [-0.1, -0.05) is 41.5 Å². The Hall–Kier alpha value is -2.33. The number of aliphatic hydroxyl groups is 1. The van der Waals surface area contributed by atoms with E-state index in [0.29, 0.717) is 0 Å². The third kappa shape index (κ3) is 5.74. The monoisotopic (exact) mass is 847 g/mol. The molecule has 2 aliphatic rings. The van der Waals surface area contributed by atoms with Crippen molar-refractivity contribution in [3.8, 4) is 22.4 Å². The van der Waals surface area contributed by atoms with Gasteiger partial charge in [-0.05, 0) is 25.7 Å². The summed E-state index contributed by atoms with van der Waals surface area (Å²) in [6.07, 6.45) is 6.77. The average molecular weight is 846 g/mol. The Labute approximate surface area is 284 Å². The maximum absolute atomic E-state index is 12.2. The molecule has 1 N–H and O–H groups in total. The van der Waals surface area contributed by atoms with Gasteiger partial charge in [-0.2, -0.15) is 0 Å². The topological polar surface area (TPSA) is 50.2 Å². The van der Waals surface area contributed by atoms with Crippen molar-refractivity contribution in [3.63, 3.8) is 0 Å². The van der Waals surface area contributed by atoms with E-state index in [1.807, 2.05) is 47.7 Å². The minimum Gasteiger partial charge on any atom is 0 e. The van der Waals surface area contributed by atoms with Gasteiger partial charge in [0.15, 0.2) is 5.78 Å². The van der Waals surface area contributed by atoms with Crippen molar-refractivity contribution in [1.29, 1.82) is 0 Å². The Morgan fingerprint density at radius 2 is 1.55 bits per heavy atom. The molecule has 0 fully saturated rings. The van der Waals surface area contributed by atoms with Gasteiger partial charge >= 0.3 is 160 Å². The Morgan fingerprint density at radius 1 is 0.909 bits per heavy atom. The normalized spacial score (nSPS) is 14.5. The molecule has 0 spiro atoms. The first-order chi connectivity index (χ1) is 20.5. The Balaban J connectivity index is 0.000000218. The molecule has 0 saturated carbocycles. The second-order valence-electron chi connectivity index (χ2n) is 13.0. The number of carbonyl (C=O) groups is 1. The molecule has 0 atom stereocenters. The molecule has 1 aromatic heterocycles. The molecule has 3 heterocycles. The van der Waals surface area contributed by atoms with E-state index in [0.717, 1.165) is 31.4 Å². The van der Waals surface area contributed by atoms with E-state index in [1.54, 1.807) is 5.19 Å². The second-order valence-corrected chi connectivity index (χ2v) is 19.5. The van der Waals surface area contributed by atoms with Crippen LogP contribution in [-0.2, 0) is 24.9 Å². The molecular weight excluding hydrogens is 802 g/mol. The Morgan fingerprint density at radius 3 is 2.20 bits per heavy atom. The molecule has 0 bridgehead atoms. The number of allylic oxidation sites excluding steroid dienone is 2. The van der Waals surface area contributed by atoms with Crippen LogP contribution in [0.25, 0.3) is 33.2 Å². The second kappa shape index (κ2) is 13.2. The van der Waals surface area contributed by atoms with Gasteiger partial charge in [0, 0.05) is 37.0 Å². The molecule has 3 nitrogen and oxygen atoms in total. The molecule has 4 aromatic rings. The number of nitrogens with zero attached hydrogens (tertiary/aromatic N) is 1. The zero-order chi connectivity index (χ0) is 31.2. The van der Waals surface area contributed by atoms with Crippen LogP contribution in [0.5, 0.6) is 0 Å². The molecule has 0 saturated heterocycles. The molecular formula is C38H44IrNO2SeSi-. The first-order valence-corrected chi connectivity index (χ1v) is 20.4. The fraction of sp³-hybridized carbons (Fsp3) is 0.368. The SMILES string of the molecule is CCC(C)(CC)C(=O)/C=C(\O)C(C)(CC)CC.C[Si]1(C)c2cccc3c2-c2c1ccnc2-c1[c-]cc2ccccc2c1[Se]3.[Ir]. The van der Waals surface area contributed by atoms with Gasteiger partial charge < -0.3 is 5.11 Å². The number of aromatic nitrogens is 1. The fourth-order valence-corrected chi connectivity index (χ4v) is 12.1. The first-order valence-electron chi connectivity index (χ1n) is 15.7. The van der Waals surface area contributed by atoms with Crippen molar-refractivity contribution in [2.45, 2.75) is 80.3 Å². The largest absolute Gasteiger partial charge is 0 e. The molecule has 2 aliphatic heterocycles. The van der Waals surface area contributed by atoms with Crippen molar-refractivity contribution >= 4 is 58.9 Å². The molecule has 6 heteroatoms. The molecule has 0 aliphatic carbocycles. The van der Waals surface area contributed by atoms with Gasteiger partial charge in [-0.15, -0.1) is 0 Å². The van der Waals surface area contributed by atoms with Gasteiger partial charge in [0.25, 0.3) is 0 Å². The maximum Gasteiger partial charge on any atom is 0 e. The fourth-order valence-electron chi connectivity index (χ4n) is 6.22. The van der Waals surface area contributed by atoms with Gasteiger partial charge in [0.1, 0.15) is 5.76 Å². The first kappa shape index (κ1) is 34.5. The number of rotatable bonds is 7. The summed E-state index contributed by atoms with van der Waals surface area (Å²) < 4.78 is 2.94. The van der Waals surface area contributed by atoms with Crippen LogP contribution in [0.15, 0.2) is 72.6 Å². The molecule has 0 unspecified atom stereocenters. The van der Waals surface area contributed by atoms with Crippen LogP contribution in [0, 0.1) is 16.9 Å². The predicted octanol–water partition coefficient (Wildman–Crippen LogP) is 7.12. The number of aliphatic hydroxyl groups excluding tert-OH is 1. The van der Waals surface area contributed by atoms with Crippen molar-refractivity contribution in [1.82, 2.24) is 4.98 Å². The van der Waals surface area contributed by atoms with Crippen molar-refractivity contribution in [2.75, 3.05) is 0 Å². The van der Waals surface area contributed by atoms with Crippen LogP contribution in [0.1, 0.15) is 67.2 Å². The van der Waals surface area contributed by atoms with Crippen LogP contribution in [0.2, 0.25) is 13.1 Å². The van der Waals surface area contributed by atoms with Gasteiger partial charge in [0.2, 0.25) is 0 Å². The predicted molar refractivity (Wildman–Crippen MR) is 186 cm³/mol. The number of pyridine rings is 1. The molecule has 44 heavy (non-hydrogen) atoms. The van der Waals surface area contributed by atoms with Crippen LogP contribution in [0.3, 0.4) is 0 Å². The summed E-state index contributed by atoms with van der Waals surface area (Å²) in [5, 5.41) is 15.9. The summed E-state index contributed by atoms with van der Waals surface area (Å²) in [5.41, 5.74) is 4.66. The van der Waals surface area contributed by atoms with E-state index >= 15 is 0 Å². The van der Waals surface area contributed by atoms with E-state index in [1.165, 1.54) is 47.6 Å². The Kier molecular flexibility index (Phi) is 10.3. The standard InChI is InChI=1S/C23H16NSeSi.C15H28O2.Ir/c1-26(2)18-9-5-8-17-20(18)21-19(26)12-13-24-22(21)16-11-10-14-6-3-4-7-15(14)23(16)25-17;1-7-14(5,8-2)12(16)11-13(17)15(6,9-3)10-4;/h3-10,12-13H,1-2H3;11,16H,7-10H2,1-6H3;/q-1;;/b;12-11-;. The molecule has 0 amide bonds. The summed E-state index contributed by atoms with van der Waals surface area (Å²) in [6.45, 7) is 17.0. The van der Waals surface area contributed by atoms with Crippen molar-refractivity contribution in [2.24, 2.45) is 10.8 Å². The number of carbonyl (C=O) groups excluding carboxylic acids is 1. The number of hydrogen-bond acceptors (Lipinski definition) is 3. The summed E-state index contributed by atoms with van der Waals surface area (Å²) in [4.78, 5) is 17.1. The quantitative estimate of drug-likeness (QED) is 0.0823. The Bertz CT molecular complexity index is 1740. The van der Waals surface area contributed by atoms with Crippen LogP contribution in [-0.4, -0.2) is 38.9 Å². The van der Waals surface area contributed by atoms with E-state index in [2.05, 4.69) is 73.8 Å². The minimum atomic E-state index is -1.65. The van der Waals surface area contributed by atoms with Gasteiger partial charge in [-0.25, -0.2) is 0 Å². The number of benzene rings is 3. The van der Waals surface area contributed by atoms with E-state index in [4.69, 9.17) is 4.98 Å². The summed E-state index contributed by atoms with van der Waals surface area (Å²) in [5.74, 6) is 0.286. The van der Waals surface area contributed by atoms with Gasteiger partial charge in [0.05, 0.1) is 0 Å². The third-order valence-electron chi connectivity index (χ3n) is 10.4. The smallest absolute Gasteiger partial charge is 0 e. The van der Waals surface area contributed by atoms with Gasteiger partial charge in [-0.3, -0.25) is 4.79 Å². The van der Waals surface area contributed by atoms with E-state index in [-0.39, 0.29) is 57.4 Å². The van der Waals surface area contributed by atoms with Crippen molar-refractivity contribution < 1.29 is 30.0 Å². The third-order valence-corrected chi connectivity index (χ3v) is 16.4. The molecule has 233 valence electrons. The number of fused-ring (bicyclic) bond motifs is 4. The van der Waals surface area contributed by atoms with Crippen LogP contribution < -0.4 is 19.3 Å². The van der Waals surface area contributed by atoms with Crippen molar-refractivity contribution in [3.05, 3.63) is 78.7 Å². The number of hydrogen-bond donors (Lipinski definition) is 1. The van der Waals surface area contributed by atoms with E-state index in [9.17, 15) is 9.90 Å². The number of ketones is 1.